The van der Waals surface area contributed by atoms with Gasteiger partial charge in [0, 0.05) is 19.6 Å². The van der Waals surface area contributed by atoms with Gasteiger partial charge in [0.1, 0.15) is 5.82 Å². The van der Waals surface area contributed by atoms with Crippen LogP contribution in [-0.4, -0.2) is 31.6 Å². The second-order valence-corrected chi connectivity index (χ2v) is 4.54. The zero-order valence-electron chi connectivity index (χ0n) is 10.5. The number of nitrogens with one attached hydrogen (secondary N) is 1. The number of hydrogen-bond acceptors (Lipinski definition) is 2. The van der Waals surface area contributed by atoms with E-state index in [1.54, 1.807) is 6.07 Å². The zero-order chi connectivity index (χ0) is 12.7. The SMILES string of the molecule is CCCN(CCNC)Cc1ccc(Cl)c(F)c1. The summed E-state index contributed by atoms with van der Waals surface area (Å²) in [5, 5.41) is 3.31. The predicted octanol–water partition coefficient (Wildman–Crippen LogP) is 2.91. The van der Waals surface area contributed by atoms with Crippen LogP contribution in [0, 0.1) is 5.82 Å². The molecule has 0 heterocycles. The zero-order valence-corrected chi connectivity index (χ0v) is 11.2. The Balaban J connectivity index is 2.61. The summed E-state index contributed by atoms with van der Waals surface area (Å²) in [6.07, 6.45) is 1.10. The fourth-order valence-corrected chi connectivity index (χ4v) is 1.87. The summed E-state index contributed by atoms with van der Waals surface area (Å²) in [5.41, 5.74) is 0.969. The van der Waals surface area contributed by atoms with E-state index in [9.17, 15) is 4.39 Å². The third kappa shape index (κ3) is 5.02. The molecule has 17 heavy (non-hydrogen) atoms. The van der Waals surface area contributed by atoms with Gasteiger partial charge in [-0.2, -0.15) is 0 Å². The fraction of sp³-hybridized carbons (Fsp3) is 0.538. The Morgan fingerprint density at radius 2 is 2.12 bits per heavy atom. The van der Waals surface area contributed by atoms with Crippen LogP contribution in [0.1, 0.15) is 18.9 Å². The van der Waals surface area contributed by atoms with Gasteiger partial charge in [-0.25, -0.2) is 4.39 Å². The van der Waals surface area contributed by atoms with Crippen LogP contribution in [0.5, 0.6) is 0 Å². The normalized spacial score (nSPS) is 11.1. The summed E-state index contributed by atoms with van der Waals surface area (Å²) >= 11 is 5.66. The quantitative estimate of drug-likeness (QED) is 0.809. The van der Waals surface area contributed by atoms with Crippen molar-refractivity contribution in [2.45, 2.75) is 19.9 Å². The molecule has 0 amide bonds. The van der Waals surface area contributed by atoms with E-state index in [1.165, 1.54) is 6.07 Å². The van der Waals surface area contributed by atoms with Gasteiger partial charge in [-0.1, -0.05) is 24.6 Å². The molecule has 0 aliphatic carbocycles. The van der Waals surface area contributed by atoms with Gasteiger partial charge in [0.15, 0.2) is 0 Å². The molecule has 0 bridgehead atoms. The highest BCUT2D eigenvalue weighted by Gasteiger charge is 2.06. The first-order valence-electron chi connectivity index (χ1n) is 5.98. The largest absolute Gasteiger partial charge is 0.318 e. The molecule has 4 heteroatoms. The molecular formula is C13H20ClFN2. The first kappa shape index (κ1) is 14.4. The average Bonchev–Trinajstić information content (AvgIpc) is 2.31. The summed E-state index contributed by atoms with van der Waals surface area (Å²) in [7, 11) is 1.94. The Morgan fingerprint density at radius 3 is 2.71 bits per heavy atom. The Kier molecular flexibility index (Phi) is 6.48. The number of likely N-dealkylation sites (N-methyl/N-ethyl adjacent to an activating group) is 1. The minimum absolute atomic E-state index is 0.186. The monoisotopic (exact) mass is 258 g/mol. The second kappa shape index (κ2) is 7.64. The van der Waals surface area contributed by atoms with Gasteiger partial charge in [-0.05, 0) is 37.7 Å². The molecule has 0 spiro atoms. The Morgan fingerprint density at radius 1 is 1.35 bits per heavy atom. The first-order valence-corrected chi connectivity index (χ1v) is 6.36. The Labute approximate surface area is 108 Å². The van der Waals surface area contributed by atoms with Crippen molar-refractivity contribution in [2.24, 2.45) is 0 Å². The van der Waals surface area contributed by atoms with Crippen LogP contribution in [-0.2, 0) is 6.54 Å². The highest BCUT2D eigenvalue weighted by atomic mass is 35.5. The van der Waals surface area contributed by atoms with Gasteiger partial charge in [0.25, 0.3) is 0 Å². The van der Waals surface area contributed by atoms with E-state index in [1.807, 2.05) is 13.1 Å². The van der Waals surface area contributed by atoms with E-state index in [-0.39, 0.29) is 10.8 Å². The second-order valence-electron chi connectivity index (χ2n) is 4.13. The molecule has 1 rings (SSSR count). The van der Waals surface area contributed by atoms with Crippen molar-refractivity contribution in [3.8, 4) is 0 Å². The molecule has 0 aliphatic heterocycles. The molecule has 0 fully saturated rings. The maximum absolute atomic E-state index is 13.3. The van der Waals surface area contributed by atoms with Crippen molar-refractivity contribution in [1.82, 2.24) is 10.2 Å². The van der Waals surface area contributed by atoms with Gasteiger partial charge in [0.2, 0.25) is 0 Å². The standard InChI is InChI=1S/C13H20ClFN2/c1-3-7-17(8-6-16-2)10-11-4-5-12(14)13(15)9-11/h4-5,9,16H,3,6-8,10H2,1-2H3. The maximum Gasteiger partial charge on any atom is 0.142 e. The van der Waals surface area contributed by atoms with E-state index in [0.29, 0.717) is 0 Å². The Hall–Kier alpha value is -0.640. The molecule has 0 atom stereocenters. The van der Waals surface area contributed by atoms with Crippen molar-refractivity contribution >= 4 is 11.6 Å². The fourth-order valence-electron chi connectivity index (χ4n) is 1.75. The van der Waals surface area contributed by atoms with E-state index in [2.05, 4.69) is 17.1 Å². The molecule has 0 radical (unpaired) electrons. The smallest absolute Gasteiger partial charge is 0.142 e. The molecule has 0 aliphatic rings. The number of halogens is 2. The first-order chi connectivity index (χ1) is 8.17. The van der Waals surface area contributed by atoms with Crippen LogP contribution in [0.4, 0.5) is 4.39 Å². The predicted molar refractivity (Wildman–Crippen MR) is 70.9 cm³/mol. The van der Waals surface area contributed by atoms with Crippen LogP contribution in [0.2, 0.25) is 5.02 Å². The topological polar surface area (TPSA) is 15.3 Å². The van der Waals surface area contributed by atoms with Crippen molar-refractivity contribution in [1.29, 1.82) is 0 Å². The van der Waals surface area contributed by atoms with Crippen molar-refractivity contribution in [2.75, 3.05) is 26.7 Å². The molecule has 2 nitrogen and oxygen atoms in total. The summed E-state index contributed by atoms with van der Waals surface area (Å²) in [4.78, 5) is 2.30. The summed E-state index contributed by atoms with van der Waals surface area (Å²) in [5.74, 6) is -0.339. The van der Waals surface area contributed by atoms with Crippen molar-refractivity contribution in [3.63, 3.8) is 0 Å². The molecule has 0 saturated carbocycles. The van der Waals surface area contributed by atoms with Gasteiger partial charge < -0.3 is 5.32 Å². The highest BCUT2D eigenvalue weighted by Crippen LogP contribution is 2.16. The van der Waals surface area contributed by atoms with E-state index in [0.717, 1.165) is 38.2 Å². The average molecular weight is 259 g/mol. The lowest BCUT2D eigenvalue weighted by atomic mass is 10.2. The van der Waals surface area contributed by atoms with Crippen LogP contribution >= 0.6 is 11.6 Å². The van der Waals surface area contributed by atoms with Crippen LogP contribution in [0.15, 0.2) is 18.2 Å². The maximum atomic E-state index is 13.3. The summed E-state index contributed by atoms with van der Waals surface area (Å²) < 4.78 is 13.3. The molecule has 0 saturated heterocycles. The Bertz CT molecular complexity index is 344. The number of benzene rings is 1. The molecule has 1 aromatic carbocycles. The summed E-state index contributed by atoms with van der Waals surface area (Å²) in [6.45, 7) is 5.84. The lowest BCUT2D eigenvalue weighted by molar-refractivity contribution is 0.267. The van der Waals surface area contributed by atoms with Crippen LogP contribution in [0.3, 0.4) is 0 Å². The third-order valence-corrected chi connectivity index (χ3v) is 2.91. The minimum Gasteiger partial charge on any atom is -0.318 e. The summed E-state index contributed by atoms with van der Waals surface area (Å²) in [6, 6.07) is 5.02. The van der Waals surface area contributed by atoms with Gasteiger partial charge in [-0.3, -0.25) is 4.90 Å². The molecule has 1 aromatic rings. The molecule has 0 unspecified atom stereocenters. The lowest BCUT2D eigenvalue weighted by Crippen LogP contribution is -2.31. The van der Waals surface area contributed by atoms with Crippen molar-refractivity contribution in [3.05, 3.63) is 34.6 Å². The van der Waals surface area contributed by atoms with E-state index >= 15 is 0 Å². The van der Waals surface area contributed by atoms with E-state index < -0.39 is 0 Å². The van der Waals surface area contributed by atoms with Crippen LogP contribution < -0.4 is 5.32 Å². The minimum atomic E-state index is -0.339. The third-order valence-electron chi connectivity index (χ3n) is 2.61. The van der Waals surface area contributed by atoms with Gasteiger partial charge in [-0.15, -0.1) is 0 Å². The number of rotatable bonds is 7. The molecule has 0 aromatic heterocycles. The van der Waals surface area contributed by atoms with Gasteiger partial charge >= 0.3 is 0 Å². The highest BCUT2D eigenvalue weighted by molar-refractivity contribution is 6.30. The molecule has 96 valence electrons. The molecule has 1 N–H and O–H groups in total. The number of hydrogen-bond donors (Lipinski definition) is 1. The number of nitrogens with zero attached hydrogens (tertiary/aromatic N) is 1. The van der Waals surface area contributed by atoms with Crippen molar-refractivity contribution < 1.29 is 4.39 Å². The molecular weight excluding hydrogens is 239 g/mol. The van der Waals surface area contributed by atoms with E-state index in [4.69, 9.17) is 11.6 Å². The van der Waals surface area contributed by atoms with Gasteiger partial charge in [0.05, 0.1) is 5.02 Å². The van der Waals surface area contributed by atoms with Crippen LogP contribution in [0.25, 0.3) is 0 Å². The lowest BCUT2D eigenvalue weighted by Gasteiger charge is -2.21.